The Morgan fingerprint density at radius 3 is 3.00 bits per heavy atom. The van der Waals surface area contributed by atoms with Crippen LogP contribution >= 0.6 is 0 Å². The molecule has 7 heteroatoms. The largest absolute Gasteiger partial charge is 0.384 e. The molecule has 1 fully saturated rings. The summed E-state index contributed by atoms with van der Waals surface area (Å²) in [5.74, 6) is -0.656. The van der Waals surface area contributed by atoms with Gasteiger partial charge in [-0.05, 0) is 38.3 Å². The van der Waals surface area contributed by atoms with Crippen molar-refractivity contribution in [2.45, 2.75) is 38.8 Å². The van der Waals surface area contributed by atoms with Gasteiger partial charge in [0.05, 0.1) is 12.2 Å². The number of rotatable bonds is 3. The van der Waals surface area contributed by atoms with E-state index in [1.807, 2.05) is 0 Å². The zero-order valence-electron chi connectivity index (χ0n) is 13.1. The van der Waals surface area contributed by atoms with Crippen molar-refractivity contribution < 1.29 is 14.3 Å². The van der Waals surface area contributed by atoms with Crippen LogP contribution in [0.25, 0.3) is 5.69 Å². The van der Waals surface area contributed by atoms with E-state index >= 15 is 0 Å². The van der Waals surface area contributed by atoms with Crippen LogP contribution in [0.5, 0.6) is 0 Å². The molecule has 1 aromatic heterocycles. The Morgan fingerprint density at radius 1 is 1.48 bits per heavy atom. The lowest BCUT2D eigenvalue weighted by molar-refractivity contribution is -0.140. The fourth-order valence-electron chi connectivity index (χ4n) is 2.93. The smallest absolute Gasteiger partial charge is 0.251 e. The molecule has 0 radical (unpaired) electrons. The molecule has 0 bridgehead atoms. The van der Waals surface area contributed by atoms with Gasteiger partial charge < -0.3 is 10.0 Å². The second kappa shape index (κ2) is 6.08. The number of aromatic nitrogens is 3. The highest BCUT2D eigenvalue weighted by Crippen LogP contribution is 2.31. The highest BCUT2D eigenvalue weighted by Gasteiger charge is 2.33. The number of hydrogen-bond donors (Lipinski definition) is 1. The van der Waals surface area contributed by atoms with Crippen LogP contribution in [0.1, 0.15) is 37.1 Å². The van der Waals surface area contributed by atoms with Gasteiger partial charge in [-0.1, -0.05) is 17.3 Å². The Morgan fingerprint density at radius 2 is 2.26 bits per heavy atom. The molecule has 1 amide bonds. The molecule has 1 aromatic carbocycles. The van der Waals surface area contributed by atoms with Crippen LogP contribution in [0.15, 0.2) is 24.4 Å². The maximum atomic E-state index is 14.2. The molecule has 1 saturated heterocycles. The number of carbonyl (C=O) groups is 1. The third-order valence-electron chi connectivity index (χ3n) is 4.16. The number of carbonyl (C=O) groups excluding carboxylic acids is 1. The van der Waals surface area contributed by atoms with Crippen molar-refractivity contribution >= 4 is 5.91 Å². The summed E-state index contributed by atoms with van der Waals surface area (Å²) in [7, 11) is 0. The van der Waals surface area contributed by atoms with Gasteiger partial charge >= 0.3 is 0 Å². The third-order valence-corrected chi connectivity index (χ3v) is 4.16. The highest BCUT2D eigenvalue weighted by atomic mass is 19.1. The minimum atomic E-state index is -1.04. The summed E-state index contributed by atoms with van der Waals surface area (Å²) in [5.41, 5.74) is 1.47. The van der Waals surface area contributed by atoms with Gasteiger partial charge in [0.15, 0.2) is 5.82 Å². The average molecular weight is 318 g/mol. The summed E-state index contributed by atoms with van der Waals surface area (Å²) in [6.45, 7) is 3.73. The Bertz CT molecular complexity index is 729. The van der Waals surface area contributed by atoms with E-state index in [4.69, 9.17) is 0 Å². The van der Waals surface area contributed by atoms with E-state index in [0.29, 0.717) is 23.5 Å². The normalized spacial score (nSPS) is 19.1. The third kappa shape index (κ3) is 2.84. The molecule has 3 rings (SSSR count). The summed E-state index contributed by atoms with van der Waals surface area (Å²) in [6, 6.07) is 4.86. The topological polar surface area (TPSA) is 71.2 Å². The predicted molar refractivity (Wildman–Crippen MR) is 81.4 cm³/mol. The quantitative estimate of drug-likeness (QED) is 0.936. The molecule has 0 aliphatic carbocycles. The molecule has 0 saturated carbocycles. The van der Waals surface area contributed by atoms with Crippen molar-refractivity contribution in [2.75, 3.05) is 6.54 Å². The summed E-state index contributed by atoms with van der Waals surface area (Å²) >= 11 is 0. The highest BCUT2D eigenvalue weighted by molar-refractivity contribution is 5.80. The van der Waals surface area contributed by atoms with Crippen molar-refractivity contribution in [2.24, 2.45) is 0 Å². The van der Waals surface area contributed by atoms with Crippen molar-refractivity contribution in [3.63, 3.8) is 0 Å². The molecule has 23 heavy (non-hydrogen) atoms. The number of nitrogens with zero attached hydrogens (tertiary/aromatic N) is 4. The first-order valence-corrected chi connectivity index (χ1v) is 7.65. The number of aryl methyl sites for hydroxylation is 1. The van der Waals surface area contributed by atoms with E-state index in [2.05, 4.69) is 10.3 Å². The molecule has 2 aromatic rings. The first-order chi connectivity index (χ1) is 11.0. The minimum absolute atomic E-state index is 0.223. The molecule has 2 unspecified atom stereocenters. The number of aliphatic hydroxyl groups excluding tert-OH is 1. The van der Waals surface area contributed by atoms with Crippen LogP contribution in [0.2, 0.25) is 0 Å². The predicted octanol–water partition coefficient (Wildman–Crippen LogP) is 1.76. The van der Waals surface area contributed by atoms with Crippen LogP contribution in [0.3, 0.4) is 0 Å². The van der Waals surface area contributed by atoms with Gasteiger partial charge in [-0.15, -0.1) is 5.10 Å². The van der Waals surface area contributed by atoms with Crippen molar-refractivity contribution in [1.29, 1.82) is 0 Å². The van der Waals surface area contributed by atoms with Gasteiger partial charge in [0.1, 0.15) is 17.5 Å². The van der Waals surface area contributed by atoms with E-state index in [1.54, 1.807) is 36.2 Å². The number of amides is 1. The fourth-order valence-corrected chi connectivity index (χ4v) is 2.93. The number of hydrogen-bond acceptors (Lipinski definition) is 4. The molecule has 6 nitrogen and oxygen atoms in total. The number of likely N-dealkylation sites (tertiary alicyclic amines) is 1. The van der Waals surface area contributed by atoms with Crippen LogP contribution in [0, 0.1) is 12.7 Å². The van der Waals surface area contributed by atoms with Crippen molar-refractivity contribution in [3.05, 3.63) is 41.5 Å². The first-order valence-electron chi connectivity index (χ1n) is 7.65. The SMILES string of the molecule is Cc1cccc(-n2cc(C3CCCN3C(=O)C(C)O)nn2)c1F. The Hall–Kier alpha value is -2.28. The molecular weight excluding hydrogens is 299 g/mol. The molecule has 122 valence electrons. The molecule has 1 aliphatic rings. The van der Waals surface area contributed by atoms with E-state index in [-0.39, 0.29) is 17.8 Å². The lowest BCUT2D eigenvalue weighted by Crippen LogP contribution is -2.37. The monoisotopic (exact) mass is 318 g/mol. The van der Waals surface area contributed by atoms with E-state index in [1.165, 1.54) is 11.6 Å². The summed E-state index contributed by atoms with van der Waals surface area (Å²) in [5, 5.41) is 17.6. The zero-order valence-corrected chi connectivity index (χ0v) is 13.1. The van der Waals surface area contributed by atoms with E-state index in [9.17, 15) is 14.3 Å². The van der Waals surface area contributed by atoms with Gasteiger partial charge in [-0.25, -0.2) is 9.07 Å². The van der Waals surface area contributed by atoms with Crippen LogP contribution < -0.4 is 0 Å². The van der Waals surface area contributed by atoms with Gasteiger partial charge in [0.25, 0.3) is 5.91 Å². The molecule has 1 aliphatic heterocycles. The van der Waals surface area contributed by atoms with Crippen LogP contribution in [-0.4, -0.2) is 43.6 Å². The van der Waals surface area contributed by atoms with Crippen molar-refractivity contribution in [1.82, 2.24) is 19.9 Å². The number of aliphatic hydroxyl groups is 1. The number of halogens is 1. The summed E-state index contributed by atoms with van der Waals surface area (Å²) in [4.78, 5) is 13.7. The lowest BCUT2D eigenvalue weighted by atomic mass is 10.1. The average Bonchev–Trinajstić information content (AvgIpc) is 3.17. The standard InChI is InChI=1S/C16H19FN4O2/c1-10-5-3-6-14(15(10)17)21-9-12(18-19-21)13-7-4-8-20(13)16(23)11(2)22/h3,5-6,9,11,13,22H,4,7-8H2,1-2H3. The van der Waals surface area contributed by atoms with Gasteiger partial charge in [0, 0.05) is 6.54 Å². The van der Waals surface area contributed by atoms with Gasteiger partial charge in [-0.3, -0.25) is 4.79 Å². The molecular formula is C16H19FN4O2. The van der Waals surface area contributed by atoms with Crippen LogP contribution in [-0.2, 0) is 4.79 Å². The second-order valence-corrected chi connectivity index (χ2v) is 5.86. The molecule has 1 N–H and O–H groups in total. The van der Waals surface area contributed by atoms with Crippen LogP contribution in [0.4, 0.5) is 4.39 Å². The number of benzene rings is 1. The van der Waals surface area contributed by atoms with Gasteiger partial charge in [0.2, 0.25) is 0 Å². The lowest BCUT2D eigenvalue weighted by Gasteiger charge is -2.24. The van der Waals surface area contributed by atoms with E-state index < -0.39 is 6.10 Å². The Labute approximate surface area is 133 Å². The summed E-state index contributed by atoms with van der Waals surface area (Å²) < 4.78 is 15.6. The van der Waals surface area contributed by atoms with Gasteiger partial charge in [-0.2, -0.15) is 0 Å². The minimum Gasteiger partial charge on any atom is -0.384 e. The maximum Gasteiger partial charge on any atom is 0.251 e. The van der Waals surface area contributed by atoms with E-state index in [0.717, 1.165) is 12.8 Å². The summed E-state index contributed by atoms with van der Waals surface area (Å²) in [6.07, 6.45) is 2.21. The van der Waals surface area contributed by atoms with Crippen molar-refractivity contribution in [3.8, 4) is 5.69 Å². The molecule has 0 spiro atoms. The maximum absolute atomic E-state index is 14.2. The fraction of sp³-hybridized carbons (Fsp3) is 0.438. The Balaban J connectivity index is 1.90. The second-order valence-electron chi connectivity index (χ2n) is 5.86. The Kier molecular flexibility index (Phi) is 4.12. The first kappa shape index (κ1) is 15.6. The molecule has 2 atom stereocenters. The molecule has 2 heterocycles. The zero-order chi connectivity index (χ0) is 16.6.